The molecule has 0 saturated carbocycles. The zero-order valence-corrected chi connectivity index (χ0v) is 21.3. The summed E-state index contributed by atoms with van der Waals surface area (Å²) in [6.45, 7) is 6.48. The van der Waals surface area contributed by atoms with Gasteiger partial charge in [0, 0.05) is 42.5 Å². The fourth-order valence-electron chi connectivity index (χ4n) is 5.73. The molecule has 1 spiro atoms. The molecule has 0 bridgehead atoms. The Morgan fingerprint density at radius 2 is 2.03 bits per heavy atom. The summed E-state index contributed by atoms with van der Waals surface area (Å²) >= 11 is 0. The maximum absolute atomic E-state index is 14.2. The first kappa shape index (κ1) is 25.4. The first-order valence-corrected chi connectivity index (χ1v) is 13.2. The topological polar surface area (TPSA) is 40.2 Å². The Morgan fingerprint density at radius 3 is 2.78 bits per heavy atom. The molecular weight excluding hydrogens is 473 g/mol. The zero-order chi connectivity index (χ0) is 26.0. The molecular formula is C30H35F3N4. The van der Waals surface area contributed by atoms with Crippen LogP contribution in [0.15, 0.2) is 78.1 Å². The van der Waals surface area contributed by atoms with Crippen molar-refractivity contribution in [3.05, 3.63) is 88.6 Å². The van der Waals surface area contributed by atoms with Crippen LogP contribution in [0.25, 0.3) is 12.2 Å². The molecule has 4 aliphatic rings. The molecule has 2 aliphatic heterocycles. The maximum Gasteiger partial charge on any atom is 0.282 e. The highest BCUT2D eigenvalue weighted by Crippen LogP contribution is 2.41. The number of likely N-dealkylation sites (tertiary alicyclic amines) is 1. The second-order valence-electron chi connectivity index (χ2n) is 10.4. The fraction of sp³-hybridized carbons (Fsp3) is 0.433. The molecule has 1 aromatic rings. The van der Waals surface area contributed by atoms with E-state index >= 15 is 0 Å². The van der Waals surface area contributed by atoms with E-state index in [1.54, 1.807) is 6.08 Å². The smallest absolute Gasteiger partial charge is 0.282 e. The molecule has 2 fully saturated rings. The van der Waals surface area contributed by atoms with Crippen LogP contribution in [0.5, 0.6) is 0 Å². The van der Waals surface area contributed by atoms with E-state index in [1.807, 2.05) is 18.3 Å². The van der Waals surface area contributed by atoms with Gasteiger partial charge in [-0.15, -0.1) is 0 Å². The zero-order valence-electron chi connectivity index (χ0n) is 21.3. The van der Waals surface area contributed by atoms with Crippen molar-refractivity contribution in [3.63, 3.8) is 0 Å². The maximum atomic E-state index is 14.2. The molecule has 196 valence electrons. The Morgan fingerprint density at radius 1 is 1.22 bits per heavy atom. The minimum absolute atomic E-state index is 0.108. The number of rotatable bonds is 6. The summed E-state index contributed by atoms with van der Waals surface area (Å²) in [5.41, 5.74) is 3.16. The number of nitrogens with one attached hydrogen (secondary N) is 2. The first-order chi connectivity index (χ1) is 17.8. The Labute approximate surface area is 216 Å². The lowest BCUT2D eigenvalue weighted by molar-refractivity contribution is -0.0598. The standard InChI is InChI=1S/C30H35F3N4/c1-3-4-5-8-28-29(36-27-19-24(30(32,33)20-31)10-12-26(27)35-28)13-16-37(17-14-29)21(2)22-9-11-25-23(18-22)7-6-15-34-25/h4-8,11-12,15,18-19,22,24,35-36H,2-3,9-10,13-14,16-17,20H2,1H3/b5-4-,28-8-. The average Bonchev–Trinajstić information content (AvgIpc) is 2.93. The van der Waals surface area contributed by atoms with Crippen LogP contribution in [0.1, 0.15) is 39.0 Å². The lowest BCUT2D eigenvalue weighted by Gasteiger charge is -2.50. The molecule has 2 N–H and O–H groups in total. The average molecular weight is 509 g/mol. The number of pyridine rings is 1. The first-order valence-electron chi connectivity index (χ1n) is 13.2. The van der Waals surface area contributed by atoms with E-state index in [9.17, 15) is 13.2 Å². The molecule has 5 rings (SSSR count). The molecule has 3 heterocycles. The highest BCUT2D eigenvalue weighted by Gasteiger charge is 2.45. The van der Waals surface area contributed by atoms with Crippen molar-refractivity contribution >= 4 is 12.2 Å². The van der Waals surface area contributed by atoms with Gasteiger partial charge in [-0.3, -0.25) is 4.98 Å². The number of halogens is 3. The van der Waals surface area contributed by atoms with Gasteiger partial charge in [-0.05, 0) is 55.5 Å². The van der Waals surface area contributed by atoms with Crippen molar-refractivity contribution in [2.24, 2.45) is 11.8 Å². The summed E-state index contributed by atoms with van der Waals surface area (Å²) in [6, 6.07) is 4.04. The van der Waals surface area contributed by atoms with Crippen molar-refractivity contribution in [3.8, 4) is 0 Å². The minimum Gasteiger partial charge on any atom is -0.375 e. The van der Waals surface area contributed by atoms with Crippen LogP contribution < -0.4 is 21.2 Å². The number of allylic oxidation sites excluding steroid dienone is 6. The van der Waals surface area contributed by atoms with E-state index < -0.39 is 24.1 Å². The molecule has 0 amide bonds. The summed E-state index contributed by atoms with van der Waals surface area (Å²) in [6.07, 6.45) is 19.3. The number of hydrogen-bond acceptors (Lipinski definition) is 4. The molecule has 2 aliphatic carbocycles. The summed E-state index contributed by atoms with van der Waals surface area (Å²) in [5.74, 6) is -4.29. The van der Waals surface area contributed by atoms with Gasteiger partial charge in [-0.2, -0.15) is 0 Å². The predicted molar refractivity (Wildman–Crippen MR) is 142 cm³/mol. The van der Waals surface area contributed by atoms with Crippen molar-refractivity contribution in [1.82, 2.24) is 20.5 Å². The molecule has 0 radical (unpaired) electrons. The normalized spacial score (nSPS) is 25.7. The molecule has 2 atom stereocenters. The number of aromatic nitrogens is 1. The van der Waals surface area contributed by atoms with Crippen LogP contribution >= 0.6 is 0 Å². The summed E-state index contributed by atoms with van der Waals surface area (Å²) in [7, 11) is 0. The number of nitrogens with zero attached hydrogens (tertiary/aromatic N) is 2. The number of hydrogen-bond donors (Lipinski definition) is 2. The van der Waals surface area contributed by atoms with E-state index in [2.05, 4.69) is 64.4 Å². The van der Waals surface area contributed by atoms with Crippen LogP contribution in [0, 0.1) is 11.8 Å². The summed E-state index contributed by atoms with van der Waals surface area (Å²) < 4.78 is 41.4. The lowest BCUT2D eigenvalue weighted by Crippen LogP contribution is -2.60. The quantitative estimate of drug-likeness (QED) is 0.596. The Balaban J connectivity index is 1.36. The number of piperazine rings is 1. The van der Waals surface area contributed by atoms with Crippen LogP contribution in [0.3, 0.4) is 0 Å². The van der Waals surface area contributed by atoms with Gasteiger partial charge in [0.25, 0.3) is 5.92 Å². The Bertz CT molecular complexity index is 1280. The van der Waals surface area contributed by atoms with E-state index in [1.165, 1.54) is 6.08 Å². The number of piperidine rings is 1. The van der Waals surface area contributed by atoms with Gasteiger partial charge in [0.2, 0.25) is 0 Å². The number of alkyl halides is 3. The van der Waals surface area contributed by atoms with Crippen molar-refractivity contribution in [2.45, 2.75) is 50.5 Å². The second-order valence-corrected chi connectivity index (χ2v) is 10.4. The third-order valence-electron chi connectivity index (χ3n) is 8.02. The van der Waals surface area contributed by atoms with Gasteiger partial charge in [0.15, 0.2) is 6.67 Å². The molecule has 4 nitrogen and oxygen atoms in total. The van der Waals surface area contributed by atoms with Crippen LogP contribution in [-0.2, 0) is 0 Å². The fourth-order valence-corrected chi connectivity index (χ4v) is 5.73. The summed E-state index contributed by atoms with van der Waals surface area (Å²) in [5, 5.41) is 9.31. The SMILES string of the molecule is C=C(C1C=c2cccnc2=CC1)N1CCC2(CC1)NC1=CC(C(F)(F)CF)CC=C1N/C2=C\C=C/CC. The van der Waals surface area contributed by atoms with Crippen molar-refractivity contribution in [1.29, 1.82) is 0 Å². The molecule has 2 unspecified atom stereocenters. The summed E-state index contributed by atoms with van der Waals surface area (Å²) in [4.78, 5) is 6.80. The predicted octanol–water partition coefficient (Wildman–Crippen LogP) is 4.45. The third kappa shape index (κ3) is 5.00. The molecule has 1 aromatic heterocycles. The van der Waals surface area contributed by atoms with Crippen molar-refractivity contribution in [2.75, 3.05) is 19.8 Å². The van der Waals surface area contributed by atoms with Crippen LogP contribution in [-0.4, -0.2) is 41.1 Å². The van der Waals surface area contributed by atoms with Crippen molar-refractivity contribution < 1.29 is 13.2 Å². The van der Waals surface area contributed by atoms with Crippen LogP contribution in [0.2, 0.25) is 0 Å². The van der Waals surface area contributed by atoms with Gasteiger partial charge < -0.3 is 15.5 Å². The van der Waals surface area contributed by atoms with Gasteiger partial charge >= 0.3 is 0 Å². The third-order valence-corrected chi connectivity index (χ3v) is 8.02. The molecule has 0 aromatic carbocycles. The molecule has 2 saturated heterocycles. The Kier molecular flexibility index (Phi) is 7.06. The highest BCUT2D eigenvalue weighted by molar-refractivity contribution is 5.46. The number of fused-ring (bicyclic) bond motifs is 2. The van der Waals surface area contributed by atoms with Gasteiger partial charge in [-0.25, -0.2) is 13.2 Å². The van der Waals surface area contributed by atoms with E-state index in [0.29, 0.717) is 5.70 Å². The van der Waals surface area contributed by atoms with Gasteiger partial charge in [0.05, 0.1) is 22.3 Å². The van der Waals surface area contributed by atoms with Gasteiger partial charge in [0.1, 0.15) is 0 Å². The monoisotopic (exact) mass is 508 g/mol. The Hall–Kier alpha value is -3.22. The largest absolute Gasteiger partial charge is 0.375 e. The minimum atomic E-state index is -3.37. The lowest BCUT2D eigenvalue weighted by atomic mass is 9.79. The van der Waals surface area contributed by atoms with E-state index in [0.717, 1.165) is 66.4 Å². The van der Waals surface area contributed by atoms with E-state index in [-0.39, 0.29) is 12.3 Å². The highest BCUT2D eigenvalue weighted by atomic mass is 19.3. The van der Waals surface area contributed by atoms with Crippen LogP contribution in [0.4, 0.5) is 13.2 Å². The second kappa shape index (κ2) is 10.3. The van der Waals surface area contributed by atoms with E-state index in [4.69, 9.17) is 0 Å². The molecule has 37 heavy (non-hydrogen) atoms. The molecule has 7 heteroatoms. The van der Waals surface area contributed by atoms with Gasteiger partial charge in [-0.1, -0.05) is 49.9 Å².